The van der Waals surface area contributed by atoms with Gasteiger partial charge in [0.15, 0.2) is 5.82 Å². The van der Waals surface area contributed by atoms with Crippen molar-refractivity contribution in [1.82, 2.24) is 25.5 Å². The minimum Gasteiger partial charge on any atom is -0.349 e. The molecule has 6 nitrogen and oxygen atoms in total. The second-order valence-electron chi connectivity index (χ2n) is 7.39. The van der Waals surface area contributed by atoms with E-state index in [1.807, 2.05) is 43.3 Å². The van der Waals surface area contributed by atoms with E-state index in [0.29, 0.717) is 11.6 Å². The predicted molar refractivity (Wildman–Crippen MR) is 104 cm³/mol. The van der Waals surface area contributed by atoms with Crippen molar-refractivity contribution < 1.29 is 4.79 Å². The Kier molecular flexibility index (Phi) is 4.48. The Morgan fingerprint density at radius 3 is 2.56 bits per heavy atom. The number of benzene rings is 2. The molecule has 1 aliphatic carbocycles. The van der Waals surface area contributed by atoms with E-state index in [2.05, 4.69) is 40.8 Å². The van der Waals surface area contributed by atoms with Gasteiger partial charge in [0.2, 0.25) is 0 Å². The lowest BCUT2D eigenvalue weighted by atomic mass is 9.97. The highest BCUT2D eigenvalue weighted by Gasteiger charge is 2.26. The highest BCUT2D eigenvalue weighted by atomic mass is 16.1. The van der Waals surface area contributed by atoms with E-state index in [1.165, 1.54) is 0 Å². The minimum atomic E-state index is -0.0341. The first kappa shape index (κ1) is 17.4. The van der Waals surface area contributed by atoms with Gasteiger partial charge in [-0.15, -0.1) is 5.10 Å². The van der Waals surface area contributed by atoms with Crippen LogP contribution in [0.15, 0.2) is 42.5 Å². The van der Waals surface area contributed by atoms with Crippen molar-refractivity contribution in [2.45, 2.75) is 45.6 Å². The number of hydrogen-bond acceptors (Lipinski definition) is 4. The molecule has 0 radical (unpaired) electrons. The maximum absolute atomic E-state index is 12.9. The standard InChI is InChI=1S/C21H23N5O/c1-13(2)20-23-24-25-26(20)19-12-16(15-7-5-4-6-8-15)11-18(14(19)3)21(27)22-17-9-10-17/h4-8,11-13,17H,9-10H2,1-3H3,(H,22,27). The number of carbonyl (C=O) groups excluding carboxylic acids is 1. The van der Waals surface area contributed by atoms with Crippen LogP contribution < -0.4 is 5.32 Å². The van der Waals surface area contributed by atoms with Crippen molar-refractivity contribution in [3.05, 3.63) is 59.4 Å². The summed E-state index contributed by atoms with van der Waals surface area (Å²) in [6.07, 6.45) is 2.11. The predicted octanol–water partition coefficient (Wildman–Crippen LogP) is 3.65. The van der Waals surface area contributed by atoms with Gasteiger partial charge in [-0.1, -0.05) is 44.2 Å². The smallest absolute Gasteiger partial charge is 0.251 e. The van der Waals surface area contributed by atoms with E-state index in [4.69, 9.17) is 0 Å². The van der Waals surface area contributed by atoms with Crippen LogP contribution in [0, 0.1) is 6.92 Å². The molecule has 0 unspecified atom stereocenters. The van der Waals surface area contributed by atoms with Crippen molar-refractivity contribution in [3.8, 4) is 16.8 Å². The summed E-state index contributed by atoms with van der Waals surface area (Å²) >= 11 is 0. The number of nitrogens with one attached hydrogen (secondary N) is 1. The van der Waals surface area contributed by atoms with E-state index < -0.39 is 0 Å². The van der Waals surface area contributed by atoms with Crippen molar-refractivity contribution in [2.24, 2.45) is 0 Å². The van der Waals surface area contributed by atoms with Crippen LogP contribution in [0.5, 0.6) is 0 Å². The van der Waals surface area contributed by atoms with Gasteiger partial charge in [0, 0.05) is 17.5 Å². The lowest BCUT2D eigenvalue weighted by Crippen LogP contribution is -2.26. The molecule has 3 aromatic rings. The Morgan fingerprint density at radius 1 is 1.15 bits per heavy atom. The van der Waals surface area contributed by atoms with Crippen LogP contribution in [0.2, 0.25) is 0 Å². The molecule has 0 atom stereocenters. The molecule has 0 spiro atoms. The Balaban J connectivity index is 1.88. The zero-order valence-electron chi connectivity index (χ0n) is 15.8. The molecular weight excluding hydrogens is 338 g/mol. The minimum absolute atomic E-state index is 0.0341. The Hall–Kier alpha value is -3.02. The number of hydrogen-bond donors (Lipinski definition) is 1. The summed E-state index contributed by atoms with van der Waals surface area (Å²) in [5.41, 5.74) is 4.41. The first-order chi connectivity index (χ1) is 13.0. The second kappa shape index (κ2) is 6.95. The van der Waals surface area contributed by atoms with Gasteiger partial charge in [-0.2, -0.15) is 4.68 Å². The van der Waals surface area contributed by atoms with Gasteiger partial charge in [-0.25, -0.2) is 0 Å². The quantitative estimate of drug-likeness (QED) is 0.753. The van der Waals surface area contributed by atoms with Crippen LogP contribution in [0.1, 0.15) is 54.4 Å². The van der Waals surface area contributed by atoms with E-state index in [0.717, 1.165) is 41.0 Å². The molecule has 1 aliphatic rings. The van der Waals surface area contributed by atoms with Gasteiger partial charge in [0.25, 0.3) is 5.91 Å². The van der Waals surface area contributed by atoms with Gasteiger partial charge in [-0.3, -0.25) is 4.79 Å². The normalized spacial score (nSPS) is 13.8. The number of aromatic nitrogens is 4. The monoisotopic (exact) mass is 361 g/mol. The SMILES string of the molecule is Cc1c(C(=O)NC2CC2)cc(-c2ccccc2)cc1-n1nnnc1C(C)C. The molecule has 2 aromatic carbocycles. The van der Waals surface area contributed by atoms with Crippen molar-refractivity contribution in [2.75, 3.05) is 0 Å². The Morgan fingerprint density at radius 2 is 1.89 bits per heavy atom. The van der Waals surface area contributed by atoms with E-state index in [1.54, 1.807) is 4.68 Å². The van der Waals surface area contributed by atoms with Gasteiger partial charge < -0.3 is 5.32 Å². The number of nitrogens with zero attached hydrogens (tertiary/aromatic N) is 4. The molecule has 1 N–H and O–H groups in total. The fourth-order valence-electron chi connectivity index (χ4n) is 3.17. The van der Waals surface area contributed by atoms with E-state index in [9.17, 15) is 4.79 Å². The number of tetrazole rings is 1. The topological polar surface area (TPSA) is 72.7 Å². The zero-order chi connectivity index (χ0) is 19.0. The highest BCUT2D eigenvalue weighted by Crippen LogP contribution is 2.29. The fraction of sp³-hybridized carbons (Fsp3) is 0.333. The van der Waals surface area contributed by atoms with Crippen LogP contribution in [0.4, 0.5) is 0 Å². The van der Waals surface area contributed by atoms with Crippen LogP contribution >= 0.6 is 0 Å². The third kappa shape index (κ3) is 3.47. The van der Waals surface area contributed by atoms with Crippen molar-refractivity contribution in [1.29, 1.82) is 0 Å². The molecule has 1 fully saturated rings. The Labute approximate surface area is 158 Å². The summed E-state index contributed by atoms with van der Waals surface area (Å²) in [5.74, 6) is 0.911. The van der Waals surface area contributed by atoms with E-state index in [-0.39, 0.29) is 11.8 Å². The lowest BCUT2D eigenvalue weighted by molar-refractivity contribution is 0.0950. The average Bonchev–Trinajstić information content (AvgIpc) is 3.34. The van der Waals surface area contributed by atoms with Crippen molar-refractivity contribution in [3.63, 3.8) is 0 Å². The number of amides is 1. The maximum Gasteiger partial charge on any atom is 0.251 e. The highest BCUT2D eigenvalue weighted by molar-refractivity contribution is 5.98. The van der Waals surface area contributed by atoms with E-state index >= 15 is 0 Å². The lowest BCUT2D eigenvalue weighted by Gasteiger charge is -2.16. The molecule has 4 rings (SSSR count). The van der Waals surface area contributed by atoms with Gasteiger partial charge in [-0.05, 0) is 59.0 Å². The molecule has 27 heavy (non-hydrogen) atoms. The van der Waals surface area contributed by atoms with Crippen LogP contribution in [0.25, 0.3) is 16.8 Å². The second-order valence-corrected chi connectivity index (χ2v) is 7.39. The summed E-state index contributed by atoms with van der Waals surface area (Å²) in [5, 5.41) is 15.3. The van der Waals surface area contributed by atoms with Crippen molar-refractivity contribution >= 4 is 5.91 Å². The molecule has 6 heteroatoms. The summed E-state index contributed by atoms with van der Waals surface area (Å²) in [6.45, 7) is 6.07. The van der Waals surface area contributed by atoms with Crippen LogP contribution in [-0.4, -0.2) is 32.2 Å². The molecule has 138 valence electrons. The number of carbonyl (C=O) groups is 1. The van der Waals surface area contributed by atoms with Gasteiger partial charge in [0.1, 0.15) is 0 Å². The van der Waals surface area contributed by atoms with Crippen LogP contribution in [0.3, 0.4) is 0 Å². The molecule has 1 aromatic heterocycles. The average molecular weight is 361 g/mol. The third-order valence-electron chi connectivity index (χ3n) is 4.88. The molecule has 0 aliphatic heterocycles. The zero-order valence-corrected chi connectivity index (χ0v) is 15.8. The number of rotatable bonds is 5. The largest absolute Gasteiger partial charge is 0.349 e. The van der Waals surface area contributed by atoms with Gasteiger partial charge >= 0.3 is 0 Å². The summed E-state index contributed by atoms with van der Waals surface area (Å²) in [4.78, 5) is 12.9. The summed E-state index contributed by atoms with van der Waals surface area (Å²) in [7, 11) is 0. The van der Waals surface area contributed by atoms with Crippen LogP contribution in [-0.2, 0) is 0 Å². The molecule has 0 saturated heterocycles. The molecule has 1 heterocycles. The van der Waals surface area contributed by atoms with Gasteiger partial charge in [0.05, 0.1) is 5.69 Å². The Bertz CT molecular complexity index is 973. The fourth-order valence-corrected chi connectivity index (χ4v) is 3.17. The molecule has 1 amide bonds. The molecule has 1 saturated carbocycles. The molecule has 0 bridgehead atoms. The first-order valence-corrected chi connectivity index (χ1v) is 9.34. The third-order valence-corrected chi connectivity index (χ3v) is 4.88. The summed E-state index contributed by atoms with van der Waals surface area (Å²) in [6, 6.07) is 14.4. The molecular formula is C21H23N5O. The summed E-state index contributed by atoms with van der Waals surface area (Å²) < 4.78 is 1.75. The first-order valence-electron chi connectivity index (χ1n) is 9.34. The maximum atomic E-state index is 12.9.